The van der Waals surface area contributed by atoms with Crippen molar-refractivity contribution in [2.75, 3.05) is 0 Å². The average Bonchev–Trinajstić information content (AvgIpc) is 3.26. The van der Waals surface area contributed by atoms with Crippen LogP contribution in [-0.4, -0.2) is 53.9 Å². The Balaban J connectivity index is 1.51. The lowest BCUT2D eigenvalue weighted by Crippen LogP contribution is -2.44. The van der Waals surface area contributed by atoms with Crippen molar-refractivity contribution in [3.63, 3.8) is 0 Å². The van der Waals surface area contributed by atoms with Gasteiger partial charge in [0.05, 0.1) is 11.4 Å². The molecule has 0 spiro atoms. The van der Waals surface area contributed by atoms with Gasteiger partial charge in [-0.05, 0) is 67.2 Å². The molecule has 0 saturated heterocycles. The van der Waals surface area contributed by atoms with Crippen LogP contribution in [0.2, 0.25) is 0 Å². The molecule has 0 radical (unpaired) electrons. The standard InChI is InChI=1S/C20H32N8O2/c1-11(2)27-13(5)17(23-25-27)19(29)21-15-7-9-16(10-8-15)22-20(30)18-14(6)28(12(3)4)26-24-18/h11-12,15-16H,7-10H2,1-6H3,(H,21,29)(H,22,30). The molecular formula is C20H32N8O2. The second-order valence-corrected chi connectivity index (χ2v) is 8.62. The predicted molar refractivity (Wildman–Crippen MR) is 111 cm³/mol. The van der Waals surface area contributed by atoms with Gasteiger partial charge in [0.1, 0.15) is 0 Å². The molecule has 0 atom stereocenters. The second kappa shape index (κ2) is 8.93. The summed E-state index contributed by atoms with van der Waals surface area (Å²) in [6, 6.07) is 0.448. The van der Waals surface area contributed by atoms with Crippen LogP contribution in [0, 0.1) is 13.8 Å². The smallest absolute Gasteiger partial charge is 0.273 e. The molecule has 1 aliphatic carbocycles. The largest absolute Gasteiger partial charge is 0.348 e. The molecule has 10 heteroatoms. The van der Waals surface area contributed by atoms with Crippen molar-refractivity contribution in [2.24, 2.45) is 0 Å². The van der Waals surface area contributed by atoms with E-state index in [9.17, 15) is 9.59 Å². The molecule has 30 heavy (non-hydrogen) atoms. The van der Waals surface area contributed by atoms with Crippen LogP contribution in [0.25, 0.3) is 0 Å². The summed E-state index contributed by atoms with van der Waals surface area (Å²) in [5, 5.41) is 22.4. The van der Waals surface area contributed by atoms with E-state index in [1.165, 1.54) is 0 Å². The molecule has 1 fully saturated rings. The Kier molecular flexibility index (Phi) is 6.52. The third-order valence-electron chi connectivity index (χ3n) is 5.66. The van der Waals surface area contributed by atoms with Gasteiger partial charge in [-0.15, -0.1) is 10.2 Å². The first-order valence-corrected chi connectivity index (χ1v) is 10.6. The highest BCUT2D eigenvalue weighted by Gasteiger charge is 2.27. The topological polar surface area (TPSA) is 120 Å². The quantitative estimate of drug-likeness (QED) is 0.744. The molecule has 0 unspecified atom stereocenters. The molecule has 2 aromatic heterocycles. The number of hydrogen-bond donors (Lipinski definition) is 2. The molecule has 2 N–H and O–H groups in total. The molecule has 10 nitrogen and oxygen atoms in total. The SMILES string of the molecule is Cc1c(C(=O)NC2CCC(NC(=O)c3nnn(C(C)C)c3C)CC2)nnn1C(C)C. The van der Waals surface area contributed by atoms with E-state index in [1.54, 1.807) is 9.36 Å². The van der Waals surface area contributed by atoms with Crippen LogP contribution in [0.15, 0.2) is 0 Å². The van der Waals surface area contributed by atoms with Gasteiger partial charge in [0.25, 0.3) is 11.8 Å². The first-order chi connectivity index (χ1) is 14.2. The van der Waals surface area contributed by atoms with Gasteiger partial charge in [-0.2, -0.15) is 0 Å². The molecule has 0 bridgehead atoms. The zero-order valence-electron chi connectivity index (χ0n) is 18.6. The highest BCUT2D eigenvalue weighted by molar-refractivity contribution is 5.94. The first-order valence-electron chi connectivity index (χ1n) is 10.6. The molecule has 1 saturated carbocycles. The van der Waals surface area contributed by atoms with Gasteiger partial charge >= 0.3 is 0 Å². The lowest BCUT2D eigenvalue weighted by Gasteiger charge is -2.29. The zero-order valence-corrected chi connectivity index (χ0v) is 18.6. The predicted octanol–water partition coefficient (Wildman–Crippen LogP) is 2.12. The molecule has 2 aromatic rings. The van der Waals surface area contributed by atoms with Crippen LogP contribution in [0.4, 0.5) is 0 Å². The summed E-state index contributed by atoms with van der Waals surface area (Å²) >= 11 is 0. The minimum atomic E-state index is -0.187. The van der Waals surface area contributed by atoms with Gasteiger partial charge in [-0.25, -0.2) is 9.36 Å². The van der Waals surface area contributed by atoms with Crippen LogP contribution in [0.5, 0.6) is 0 Å². The number of amides is 2. The van der Waals surface area contributed by atoms with Crippen molar-refractivity contribution in [3.8, 4) is 0 Å². The van der Waals surface area contributed by atoms with Gasteiger partial charge in [0.15, 0.2) is 11.4 Å². The highest BCUT2D eigenvalue weighted by Crippen LogP contribution is 2.20. The minimum Gasteiger partial charge on any atom is -0.348 e. The molecule has 3 rings (SSSR count). The highest BCUT2D eigenvalue weighted by atomic mass is 16.2. The number of rotatable bonds is 6. The third kappa shape index (κ3) is 4.52. The average molecular weight is 417 g/mol. The van der Waals surface area contributed by atoms with Crippen molar-refractivity contribution in [3.05, 3.63) is 22.8 Å². The Hall–Kier alpha value is -2.78. The van der Waals surface area contributed by atoms with E-state index in [0.29, 0.717) is 11.4 Å². The molecule has 2 amide bonds. The van der Waals surface area contributed by atoms with Crippen LogP contribution in [-0.2, 0) is 0 Å². The van der Waals surface area contributed by atoms with Crippen LogP contribution >= 0.6 is 0 Å². The fraction of sp³-hybridized carbons (Fsp3) is 0.700. The summed E-state index contributed by atoms with van der Waals surface area (Å²) < 4.78 is 3.50. The van der Waals surface area contributed by atoms with Crippen LogP contribution in [0.3, 0.4) is 0 Å². The maximum absolute atomic E-state index is 12.6. The van der Waals surface area contributed by atoms with Crippen molar-refractivity contribution in [1.82, 2.24) is 40.6 Å². The van der Waals surface area contributed by atoms with E-state index in [2.05, 4.69) is 31.3 Å². The summed E-state index contributed by atoms with van der Waals surface area (Å²) in [6.45, 7) is 11.7. The number of aromatic nitrogens is 6. The van der Waals surface area contributed by atoms with E-state index in [0.717, 1.165) is 37.1 Å². The Morgan fingerprint density at radius 1 is 0.767 bits per heavy atom. The number of carbonyl (C=O) groups excluding carboxylic acids is 2. The Morgan fingerprint density at radius 2 is 1.10 bits per heavy atom. The fourth-order valence-electron chi connectivity index (χ4n) is 3.97. The number of hydrogen-bond acceptors (Lipinski definition) is 6. The minimum absolute atomic E-state index is 0.0674. The maximum Gasteiger partial charge on any atom is 0.273 e. The Labute approximate surface area is 176 Å². The zero-order chi connectivity index (χ0) is 22.0. The lowest BCUT2D eigenvalue weighted by atomic mass is 9.91. The summed E-state index contributed by atoms with van der Waals surface area (Å²) in [5.74, 6) is -0.374. The second-order valence-electron chi connectivity index (χ2n) is 8.62. The van der Waals surface area contributed by atoms with E-state index in [4.69, 9.17) is 0 Å². The molecule has 2 heterocycles. The molecule has 0 aliphatic heterocycles. The lowest BCUT2D eigenvalue weighted by molar-refractivity contribution is 0.0886. The summed E-state index contributed by atoms with van der Waals surface area (Å²) in [6.07, 6.45) is 3.19. The van der Waals surface area contributed by atoms with Gasteiger partial charge in [0.2, 0.25) is 0 Å². The van der Waals surface area contributed by atoms with Crippen LogP contribution in [0.1, 0.15) is 97.8 Å². The fourth-order valence-corrected chi connectivity index (χ4v) is 3.97. The molecule has 1 aliphatic rings. The first kappa shape index (κ1) is 21.9. The Bertz CT molecular complexity index is 832. The number of nitrogens with zero attached hydrogens (tertiary/aromatic N) is 6. The van der Waals surface area contributed by atoms with Gasteiger partial charge in [-0.3, -0.25) is 9.59 Å². The monoisotopic (exact) mass is 416 g/mol. The van der Waals surface area contributed by atoms with E-state index in [1.807, 2.05) is 41.5 Å². The van der Waals surface area contributed by atoms with Crippen molar-refractivity contribution < 1.29 is 9.59 Å². The Morgan fingerprint density at radius 3 is 1.37 bits per heavy atom. The van der Waals surface area contributed by atoms with Crippen molar-refractivity contribution in [2.45, 2.75) is 91.4 Å². The summed E-state index contributed by atoms with van der Waals surface area (Å²) in [7, 11) is 0. The molecule has 0 aromatic carbocycles. The summed E-state index contributed by atoms with van der Waals surface area (Å²) in [5.41, 5.74) is 2.30. The van der Waals surface area contributed by atoms with E-state index >= 15 is 0 Å². The maximum atomic E-state index is 12.6. The van der Waals surface area contributed by atoms with E-state index in [-0.39, 0.29) is 36.0 Å². The van der Waals surface area contributed by atoms with Gasteiger partial charge in [-0.1, -0.05) is 10.4 Å². The summed E-state index contributed by atoms with van der Waals surface area (Å²) in [4.78, 5) is 25.2. The van der Waals surface area contributed by atoms with E-state index < -0.39 is 0 Å². The van der Waals surface area contributed by atoms with Gasteiger partial charge < -0.3 is 10.6 Å². The number of nitrogens with one attached hydrogen (secondary N) is 2. The van der Waals surface area contributed by atoms with Crippen molar-refractivity contribution >= 4 is 11.8 Å². The van der Waals surface area contributed by atoms with Crippen LogP contribution < -0.4 is 10.6 Å². The van der Waals surface area contributed by atoms with Gasteiger partial charge in [0, 0.05) is 24.2 Å². The molecular weight excluding hydrogens is 384 g/mol. The number of carbonyl (C=O) groups is 2. The normalized spacial score (nSPS) is 19.3. The van der Waals surface area contributed by atoms with Crippen molar-refractivity contribution in [1.29, 1.82) is 0 Å². The molecule has 164 valence electrons. The third-order valence-corrected chi connectivity index (χ3v) is 5.66.